The third-order valence-electron chi connectivity index (χ3n) is 3.92. The lowest BCUT2D eigenvalue weighted by atomic mass is 10.1. The fourth-order valence-electron chi connectivity index (χ4n) is 2.54. The van der Waals surface area contributed by atoms with E-state index in [0.29, 0.717) is 26.2 Å². The standard InChI is InChI=1S/C15H20N4O2S2/c1-12-3-5-13(6-4-12)11-14-16-15(22-17-14)18-7-9-19(10-8-18)23(2,20)21/h3-6H,7-11H2,1-2H3. The van der Waals surface area contributed by atoms with Crippen molar-refractivity contribution >= 4 is 26.7 Å². The molecule has 0 N–H and O–H groups in total. The summed E-state index contributed by atoms with van der Waals surface area (Å²) in [5, 5.41) is 0.875. The number of hydrogen-bond acceptors (Lipinski definition) is 6. The summed E-state index contributed by atoms with van der Waals surface area (Å²) in [5.74, 6) is 0.819. The van der Waals surface area contributed by atoms with Gasteiger partial charge in [0, 0.05) is 44.1 Å². The highest BCUT2D eigenvalue weighted by atomic mass is 32.2. The Morgan fingerprint density at radius 1 is 1.13 bits per heavy atom. The minimum Gasteiger partial charge on any atom is -0.344 e. The molecule has 3 rings (SSSR count). The molecule has 2 aromatic rings. The Morgan fingerprint density at radius 3 is 2.39 bits per heavy atom. The van der Waals surface area contributed by atoms with Crippen LogP contribution in [0.15, 0.2) is 24.3 Å². The van der Waals surface area contributed by atoms with E-state index >= 15 is 0 Å². The highest BCUT2D eigenvalue weighted by molar-refractivity contribution is 7.88. The summed E-state index contributed by atoms with van der Waals surface area (Å²) in [5.41, 5.74) is 2.44. The van der Waals surface area contributed by atoms with Crippen LogP contribution in [0, 0.1) is 6.92 Å². The second-order valence-corrected chi connectivity index (χ2v) is 8.52. The third kappa shape index (κ3) is 4.07. The smallest absolute Gasteiger partial charge is 0.211 e. The highest BCUT2D eigenvalue weighted by Crippen LogP contribution is 2.21. The molecule has 1 fully saturated rings. The van der Waals surface area contributed by atoms with Crippen molar-refractivity contribution in [1.29, 1.82) is 0 Å². The largest absolute Gasteiger partial charge is 0.344 e. The van der Waals surface area contributed by atoms with E-state index in [0.717, 1.165) is 17.4 Å². The summed E-state index contributed by atoms with van der Waals surface area (Å²) in [6, 6.07) is 8.38. The molecule has 0 bridgehead atoms. The first-order valence-electron chi connectivity index (χ1n) is 7.50. The van der Waals surface area contributed by atoms with E-state index in [4.69, 9.17) is 0 Å². The molecule has 1 aliphatic rings. The van der Waals surface area contributed by atoms with Crippen LogP contribution in [0.5, 0.6) is 0 Å². The van der Waals surface area contributed by atoms with E-state index in [-0.39, 0.29) is 0 Å². The topological polar surface area (TPSA) is 66.4 Å². The first-order chi connectivity index (χ1) is 10.9. The number of aryl methyl sites for hydroxylation is 1. The minimum absolute atomic E-state index is 0.506. The Hall–Kier alpha value is -1.51. The summed E-state index contributed by atoms with van der Waals surface area (Å²) in [6.07, 6.45) is 1.98. The molecule has 0 radical (unpaired) electrons. The predicted octanol–water partition coefficient (Wildman–Crippen LogP) is 1.52. The van der Waals surface area contributed by atoms with Crippen LogP contribution >= 0.6 is 11.5 Å². The van der Waals surface area contributed by atoms with Gasteiger partial charge in [0.25, 0.3) is 0 Å². The minimum atomic E-state index is -3.10. The normalized spacial score (nSPS) is 16.7. The quantitative estimate of drug-likeness (QED) is 0.835. The van der Waals surface area contributed by atoms with E-state index in [2.05, 4.69) is 45.4 Å². The van der Waals surface area contributed by atoms with E-state index < -0.39 is 10.0 Å². The molecule has 8 heteroatoms. The van der Waals surface area contributed by atoms with Gasteiger partial charge in [-0.1, -0.05) is 29.8 Å². The number of benzene rings is 1. The first kappa shape index (κ1) is 16.4. The number of piperazine rings is 1. The molecule has 0 unspecified atom stereocenters. The number of nitrogens with zero attached hydrogens (tertiary/aromatic N) is 4. The molecule has 1 aromatic heterocycles. The van der Waals surface area contributed by atoms with Crippen molar-refractivity contribution < 1.29 is 8.42 Å². The van der Waals surface area contributed by atoms with Gasteiger partial charge in [-0.15, -0.1) is 0 Å². The van der Waals surface area contributed by atoms with Crippen molar-refractivity contribution in [3.05, 3.63) is 41.2 Å². The van der Waals surface area contributed by atoms with Crippen LogP contribution in [-0.2, 0) is 16.4 Å². The molecule has 1 aromatic carbocycles. The molecule has 1 saturated heterocycles. The lowest BCUT2D eigenvalue weighted by molar-refractivity contribution is 0.388. The van der Waals surface area contributed by atoms with E-state index in [1.807, 2.05) is 0 Å². The van der Waals surface area contributed by atoms with Crippen molar-refractivity contribution in [3.63, 3.8) is 0 Å². The van der Waals surface area contributed by atoms with Crippen LogP contribution in [0.1, 0.15) is 17.0 Å². The molecule has 124 valence electrons. The summed E-state index contributed by atoms with van der Waals surface area (Å²) >= 11 is 1.38. The van der Waals surface area contributed by atoms with Gasteiger partial charge in [0.1, 0.15) is 5.82 Å². The van der Waals surface area contributed by atoms with Gasteiger partial charge in [-0.3, -0.25) is 0 Å². The summed E-state index contributed by atoms with van der Waals surface area (Å²) in [4.78, 5) is 6.71. The van der Waals surface area contributed by atoms with Crippen LogP contribution in [0.3, 0.4) is 0 Å². The van der Waals surface area contributed by atoms with Gasteiger partial charge in [-0.25, -0.2) is 13.4 Å². The van der Waals surface area contributed by atoms with Gasteiger partial charge in [0.15, 0.2) is 0 Å². The maximum Gasteiger partial charge on any atom is 0.211 e. The van der Waals surface area contributed by atoms with Crippen LogP contribution in [-0.4, -0.2) is 54.5 Å². The molecule has 0 atom stereocenters. The summed E-state index contributed by atoms with van der Waals surface area (Å²) in [7, 11) is -3.10. The maximum absolute atomic E-state index is 11.5. The monoisotopic (exact) mass is 352 g/mol. The van der Waals surface area contributed by atoms with Crippen LogP contribution < -0.4 is 4.90 Å². The molecule has 23 heavy (non-hydrogen) atoms. The van der Waals surface area contributed by atoms with Gasteiger partial charge in [0.05, 0.1) is 6.26 Å². The van der Waals surface area contributed by atoms with Crippen molar-refractivity contribution in [3.8, 4) is 0 Å². The molecular weight excluding hydrogens is 332 g/mol. The molecular formula is C15H20N4O2S2. The average molecular weight is 352 g/mol. The second kappa shape index (κ2) is 6.54. The number of rotatable bonds is 4. The van der Waals surface area contributed by atoms with Gasteiger partial charge in [-0.2, -0.15) is 8.68 Å². The van der Waals surface area contributed by atoms with E-state index in [1.165, 1.54) is 33.2 Å². The number of hydrogen-bond donors (Lipinski definition) is 0. The Balaban J connectivity index is 1.63. The van der Waals surface area contributed by atoms with Crippen molar-refractivity contribution in [2.75, 3.05) is 37.3 Å². The Labute approximate surface area is 141 Å². The molecule has 0 saturated carbocycles. The zero-order valence-corrected chi connectivity index (χ0v) is 14.9. The van der Waals surface area contributed by atoms with Gasteiger partial charge < -0.3 is 4.90 Å². The molecule has 0 spiro atoms. The van der Waals surface area contributed by atoms with Crippen LogP contribution in [0.4, 0.5) is 5.13 Å². The summed E-state index contributed by atoms with van der Waals surface area (Å²) < 4.78 is 29.0. The maximum atomic E-state index is 11.5. The zero-order chi connectivity index (χ0) is 16.4. The SMILES string of the molecule is Cc1ccc(Cc2nsc(N3CCN(S(C)(=O)=O)CC3)n2)cc1. The molecule has 0 amide bonds. The van der Waals surface area contributed by atoms with E-state index in [9.17, 15) is 8.42 Å². The fraction of sp³-hybridized carbons (Fsp3) is 0.467. The molecule has 0 aliphatic carbocycles. The zero-order valence-electron chi connectivity index (χ0n) is 13.3. The molecule has 2 heterocycles. The van der Waals surface area contributed by atoms with E-state index in [1.54, 1.807) is 0 Å². The number of aromatic nitrogens is 2. The highest BCUT2D eigenvalue weighted by Gasteiger charge is 2.25. The first-order valence-corrected chi connectivity index (χ1v) is 10.1. The van der Waals surface area contributed by atoms with Crippen molar-refractivity contribution in [2.45, 2.75) is 13.3 Å². The summed E-state index contributed by atoms with van der Waals surface area (Å²) in [6.45, 7) is 4.40. The van der Waals surface area contributed by atoms with Gasteiger partial charge in [-0.05, 0) is 12.5 Å². The Bertz CT molecular complexity index is 763. The lowest BCUT2D eigenvalue weighted by Gasteiger charge is -2.32. The third-order valence-corrected chi connectivity index (χ3v) is 6.04. The Morgan fingerprint density at radius 2 is 1.78 bits per heavy atom. The van der Waals surface area contributed by atoms with Crippen LogP contribution in [0.2, 0.25) is 0 Å². The number of sulfonamides is 1. The number of anilines is 1. The predicted molar refractivity (Wildman–Crippen MR) is 92.5 cm³/mol. The average Bonchev–Trinajstić information content (AvgIpc) is 2.97. The van der Waals surface area contributed by atoms with Crippen molar-refractivity contribution in [1.82, 2.24) is 13.7 Å². The fourth-order valence-corrected chi connectivity index (χ4v) is 4.11. The van der Waals surface area contributed by atoms with Crippen LogP contribution in [0.25, 0.3) is 0 Å². The lowest BCUT2D eigenvalue weighted by Crippen LogP contribution is -2.48. The molecule has 1 aliphatic heterocycles. The van der Waals surface area contributed by atoms with Crippen molar-refractivity contribution in [2.24, 2.45) is 0 Å². The van der Waals surface area contributed by atoms with Gasteiger partial charge >= 0.3 is 0 Å². The van der Waals surface area contributed by atoms with Gasteiger partial charge in [0.2, 0.25) is 15.2 Å². The molecule has 6 nitrogen and oxygen atoms in total. The Kier molecular flexibility index (Phi) is 4.65. The second-order valence-electron chi connectivity index (χ2n) is 5.80.